The number of likely N-dealkylation sites (tertiary alicyclic amines) is 1. The first kappa shape index (κ1) is 20.1. The second-order valence-corrected chi connectivity index (χ2v) is 6.65. The van der Waals surface area contributed by atoms with Crippen LogP contribution in [0.1, 0.15) is 12.8 Å². The number of rotatable bonds is 3. The molecule has 3 rings (SSSR count). The molecule has 1 amide bonds. The highest BCUT2D eigenvalue weighted by Gasteiger charge is 2.20. The Bertz CT molecular complexity index is 596. The quantitative estimate of drug-likeness (QED) is 0.411. The number of amides is 1. The summed E-state index contributed by atoms with van der Waals surface area (Å²) in [6, 6.07) is 7.88. The lowest BCUT2D eigenvalue weighted by Gasteiger charge is -2.36. The summed E-state index contributed by atoms with van der Waals surface area (Å²) in [4.78, 5) is 22.5. The van der Waals surface area contributed by atoms with Gasteiger partial charge in [-0.3, -0.25) is 4.79 Å². The normalized spacial score (nSPS) is 18.3. The van der Waals surface area contributed by atoms with Crippen molar-refractivity contribution in [3.8, 4) is 0 Å². The van der Waals surface area contributed by atoms with E-state index < -0.39 is 0 Å². The highest BCUT2D eigenvalue weighted by molar-refractivity contribution is 14.0. The smallest absolute Gasteiger partial charge is 0.244 e. The molecule has 25 heavy (non-hydrogen) atoms. The molecule has 0 saturated carbocycles. The first-order valence-electron chi connectivity index (χ1n) is 8.46. The zero-order valence-corrected chi connectivity index (χ0v) is 17.3. The van der Waals surface area contributed by atoms with Crippen LogP contribution in [0, 0.1) is 0 Å². The summed E-state index contributed by atoms with van der Waals surface area (Å²) >= 11 is 5.93. The van der Waals surface area contributed by atoms with Gasteiger partial charge in [-0.15, -0.1) is 24.0 Å². The van der Waals surface area contributed by atoms with Gasteiger partial charge in [-0.25, -0.2) is 4.99 Å². The highest BCUT2D eigenvalue weighted by Crippen LogP contribution is 2.19. The second-order valence-electron chi connectivity index (χ2n) is 6.21. The van der Waals surface area contributed by atoms with Gasteiger partial charge in [0.05, 0.1) is 0 Å². The van der Waals surface area contributed by atoms with E-state index in [0.29, 0.717) is 5.96 Å². The molecule has 2 saturated heterocycles. The van der Waals surface area contributed by atoms with Crippen molar-refractivity contribution >= 4 is 53.1 Å². The van der Waals surface area contributed by atoms with Gasteiger partial charge in [0.15, 0.2) is 5.96 Å². The number of hydrogen-bond donors (Lipinski definition) is 1. The minimum absolute atomic E-state index is 0. The largest absolute Gasteiger partial charge is 0.370 e. The van der Waals surface area contributed by atoms with E-state index in [4.69, 9.17) is 17.3 Å². The molecule has 0 atom stereocenters. The maximum absolute atomic E-state index is 12.0. The third-order valence-corrected chi connectivity index (χ3v) is 4.88. The van der Waals surface area contributed by atoms with Gasteiger partial charge in [0.1, 0.15) is 6.54 Å². The summed E-state index contributed by atoms with van der Waals surface area (Å²) in [6.45, 7) is 5.22. The van der Waals surface area contributed by atoms with Crippen LogP contribution >= 0.6 is 35.6 Å². The lowest BCUT2D eigenvalue weighted by atomic mass is 10.2. The van der Waals surface area contributed by atoms with Gasteiger partial charge in [-0.1, -0.05) is 11.6 Å². The van der Waals surface area contributed by atoms with Crippen LogP contribution in [0.5, 0.6) is 0 Å². The lowest BCUT2D eigenvalue weighted by molar-refractivity contribution is -0.128. The number of halogens is 2. The van der Waals surface area contributed by atoms with Gasteiger partial charge in [0.25, 0.3) is 0 Å². The molecule has 0 bridgehead atoms. The Morgan fingerprint density at radius 2 is 1.60 bits per heavy atom. The second kappa shape index (κ2) is 9.47. The molecule has 2 aliphatic heterocycles. The number of carbonyl (C=O) groups is 1. The standard InChI is InChI=1S/C17H24ClN5O.HI/c18-14-3-5-15(6-4-14)21-9-11-23(12-10-21)17(19)20-13-16(24)22-7-1-2-8-22;/h3-6H,1-2,7-13H2,(H2,19,20);1H. The van der Waals surface area contributed by atoms with E-state index in [0.717, 1.165) is 57.1 Å². The number of benzene rings is 1. The molecule has 0 aromatic heterocycles. The molecular formula is C17H25ClIN5O. The molecule has 8 heteroatoms. The zero-order chi connectivity index (χ0) is 16.9. The molecule has 138 valence electrons. The van der Waals surface area contributed by atoms with Crippen LogP contribution in [-0.4, -0.2) is 67.5 Å². The number of nitrogens with zero attached hydrogens (tertiary/aromatic N) is 4. The Morgan fingerprint density at radius 3 is 2.20 bits per heavy atom. The van der Waals surface area contributed by atoms with E-state index in [1.807, 2.05) is 34.1 Å². The summed E-state index contributed by atoms with van der Waals surface area (Å²) in [5.41, 5.74) is 7.23. The summed E-state index contributed by atoms with van der Waals surface area (Å²) in [5.74, 6) is 0.550. The van der Waals surface area contributed by atoms with Crippen LogP contribution in [0.15, 0.2) is 29.3 Å². The Morgan fingerprint density at radius 1 is 1.00 bits per heavy atom. The fourth-order valence-corrected chi connectivity index (χ4v) is 3.29. The molecule has 6 nitrogen and oxygen atoms in total. The summed E-state index contributed by atoms with van der Waals surface area (Å²) < 4.78 is 0. The average molecular weight is 478 g/mol. The molecule has 2 fully saturated rings. The fraction of sp³-hybridized carbons (Fsp3) is 0.529. The number of anilines is 1. The molecule has 2 heterocycles. The molecular weight excluding hydrogens is 453 g/mol. The van der Waals surface area contributed by atoms with Gasteiger partial charge in [-0.2, -0.15) is 0 Å². The Labute approximate surface area is 171 Å². The Hall–Kier alpha value is -1.22. The van der Waals surface area contributed by atoms with Crippen LogP contribution in [0.3, 0.4) is 0 Å². The number of guanidine groups is 1. The molecule has 0 aliphatic carbocycles. The first-order chi connectivity index (χ1) is 11.6. The topological polar surface area (TPSA) is 65.2 Å². The van der Waals surface area contributed by atoms with Crippen molar-refractivity contribution in [3.63, 3.8) is 0 Å². The van der Waals surface area contributed by atoms with Gasteiger partial charge < -0.3 is 20.4 Å². The van der Waals surface area contributed by atoms with Crippen molar-refractivity contribution in [2.24, 2.45) is 10.7 Å². The van der Waals surface area contributed by atoms with Crippen molar-refractivity contribution in [1.82, 2.24) is 9.80 Å². The summed E-state index contributed by atoms with van der Waals surface area (Å²) in [5, 5.41) is 0.747. The van der Waals surface area contributed by atoms with Gasteiger partial charge in [0.2, 0.25) is 5.91 Å². The van der Waals surface area contributed by atoms with Crippen molar-refractivity contribution < 1.29 is 4.79 Å². The average Bonchev–Trinajstić information content (AvgIpc) is 3.15. The third kappa shape index (κ3) is 5.37. The molecule has 1 aromatic rings. The van der Waals surface area contributed by atoms with E-state index in [1.165, 1.54) is 5.69 Å². The predicted octanol–water partition coefficient (Wildman–Crippen LogP) is 2.02. The van der Waals surface area contributed by atoms with E-state index in [1.54, 1.807) is 0 Å². The van der Waals surface area contributed by atoms with Crippen molar-refractivity contribution in [2.45, 2.75) is 12.8 Å². The maximum atomic E-state index is 12.0. The molecule has 0 unspecified atom stereocenters. The number of nitrogens with two attached hydrogens (primary N) is 1. The summed E-state index contributed by atoms with van der Waals surface area (Å²) in [6.07, 6.45) is 2.19. The number of hydrogen-bond acceptors (Lipinski definition) is 3. The minimum Gasteiger partial charge on any atom is -0.370 e. The van der Waals surface area contributed by atoms with E-state index >= 15 is 0 Å². The molecule has 0 radical (unpaired) electrons. The van der Waals surface area contributed by atoms with Crippen molar-refractivity contribution in [2.75, 3.05) is 50.7 Å². The maximum Gasteiger partial charge on any atom is 0.244 e. The monoisotopic (exact) mass is 477 g/mol. The summed E-state index contributed by atoms with van der Waals surface area (Å²) in [7, 11) is 0. The fourth-order valence-electron chi connectivity index (χ4n) is 3.16. The lowest BCUT2D eigenvalue weighted by Crippen LogP contribution is -2.51. The predicted molar refractivity (Wildman–Crippen MR) is 113 cm³/mol. The van der Waals surface area contributed by atoms with Crippen LogP contribution in [-0.2, 0) is 4.79 Å². The van der Waals surface area contributed by atoms with Gasteiger partial charge >= 0.3 is 0 Å². The Kier molecular flexibility index (Phi) is 7.61. The molecule has 1 aromatic carbocycles. The van der Waals surface area contributed by atoms with E-state index in [-0.39, 0.29) is 36.4 Å². The Balaban J connectivity index is 0.00000225. The number of piperazine rings is 1. The SMILES string of the molecule is I.NC(=NCC(=O)N1CCCC1)N1CCN(c2ccc(Cl)cc2)CC1. The van der Waals surface area contributed by atoms with Crippen molar-refractivity contribution in [1.29, 1.82) is 0 Å². The van der Waals surface area contributed by atoms with Crippen LogP contribution in [0.4, 0.5) is 5.69 Å². The van der Waals surface area contributed by atoms with Crippen LogP contribution in [0.25, 0.3) is 0 Å². The van der Waals surface area contributed by atoms with Crippen LogP contribution in [0.2, 0.25) is 5.02 Å². The molecule has 2 N–H and O–H groups in total. The van der Waals surface area contributed by atoms with E-state index in [9.17, 15) is 4.79 Å². The zero-order valence-electron chi connectivity index (χ0n) is 14.2. The molecule has 2 aliphatic rings. The number of carbonyl (C=O) groups excluding carboxylic acids is 1. The first-order valence-corrected chi connectivity index (χ1v) is 8.84. The molecule has 0 spiro atoms. The minimum atomic E-state index is 0. The highest BCUT2D eigenvalue weighted by atomic mass is 127. The third-order valence-electron chi connectivity index (χ3n) is 4.63. The van der Waals surface area contributed by atoms with Crippen molar-refractivity contribution in [3.05, 3.63) is 29.3 Å². The van der Waals surface area contributed by atoms with Gasteiger partial charge in [0, 0.05) is 50.0 Å². The van der Waals surface area contributed by atoms with E-state index in [2.05, 4.69) is 9.89 Å². The van der Waals surface area contributed by atoms with Gasteiger partial charge in [-0.05, 0) is 37.1 Å². The number of aliphatic imine (C=N–C) groups is 1. The van der Waals surface area contributed by atoms with Crippen LogP contribution < -0.4 is 10.6 Å².